The number of carbonyl (C=O) groups excluding carboxylic acids is 3. The van der Waals surface area contributed by atoms with E-state index in [1.165, 1.54) is 27.7 Å². The van der Waals surface area contributed by atoms with E-state index in [4.69, 9.17) is 5.73 Å². The Kier molecular flexibility index (Phi) is 8.45. The predicted octanol–water partition coefficient (Wildman–Crippen LogP) is -1.70. The van der Waals surface area contributed by atoms with Crippen molar-refractivity contribution in [1.82, 2.24) is 45.5 Å². The van der Waals surface area contributed by atoms with Crippen molar-refractivity contribution in [2.45, 2.75) is 69.1 Å². The SMILES string of the molecule is C[C@@H](NC(=O)Cn1cnnn1)[C@H]1C(=O)N2C(C(=O)O)=C(S[C@@H]3CN[C@H](C(=O)N4CCC5CN(CCN)CCC54)C3)[C@H](C)[C@H]12. The van der Waals surface area contributed by atoms with Crippen LogP contribution in [0, 0.1) is 17.8 Å². The standard InChI is InChI=1S/C27H40N10O5S/c1-14-22-21(15(2)31-20(38)12-35-13-30-32-33-35)26(40)37(22)23(27(41)42)24(14)43-17-9-18(29-10-17)25(39)36-7-3-16-11-34(8-5-28)6-4-19(16)36/h13-19,21-22,29H,3-12,28H2,1-2H3,(H,31,38)(H,41,42)/t14-,15-,16?,17+,18+,19?,21-,22-/m1/s1. The quantitative estimate of drug-likeness (QED) is 0.218. The second-order valence-corrected chi connectivity index (χ2v) is 13.7. The Morgan fingerprint density at radius 3 is 2.81 bits per heavy atom. The number of nitrogens with zero attached hydrogens (tertiary/aromatic N) is 7. The number of carboxylic acids is 1. The molecule has 0 radical (unpaired) electrons. The first-order valence-electron chi connectivity index (χ1n) is 15.1. The summed E-state index contributed by atoms with van der Waals surface area (Å²) < 4.78 is 1.29. The number of carboxylic acid groups (broad SMARTS) is 1. The number of aromatic nitrogens is 4. The first-order chi connectivity index (χ1) is 20.7. The zero-order valence-electron chi connectivity index (χ0n) is 24.5. The number of hydrogen-bond acceptors (Lipinski definition) is 11. The van der Waals surface area contributed by atoms with Crippen molar-refractivity contribution in [1.29, 1.82) is 0 Å². The third-order valence-corrected chi connectivity index (χ3v) is 11.3. The van der Waals surface area contributed by atoms with E-state index >= 15 is 0 Å². The van der Waals surface area contributed by atoms with Crippen LogP contribution in [-0.2, 0) is 25.7 Å². The van der Waals surface area contributed by atoms with E-state index in [2.05, 4.69) is 36.0 Å². The second kappa shape index (κ2) is 12.1. The highest BCUT2D eigenvalue weighted by Gasteiger charge is 2.60. The summed E-state index contributed by atoms with van der Waals surface area (Å²) in [5, 5.41) is 27.1. The van der Waals surface area contributed by atoms with Crippen LogP contribution in [0.15, 0.2) is 16.9 Å². The summed E-state index contributed by atoms with van der Waals surface area (Å²) >= 11 is 1.47. The number of β-lactam (4-membered cyclic amide) rings is 1. The predicted molar refractivity (Wildman–Crippen MR) is 155 cm³/mol. The van der Waals surface area contributed by atoms with E-state index in [1.807, 2.05) is 6.92 Å². The number of thioether (sulfide) groups is 1. The number of rotatable bonds is 10. The monoisotopic (exact) mass is 616 g/mol. The number of tetrazole rings is 1. The van der Waals surface area contributed by atoms with E-state index in [9.17, 15) is 24.3 Å². The summed E-state index contributed by atoms with van der Waals surface area (Å²) in [5.41, 5.74) is 5.78. The molecule has 5 aliphatic heterocycles. The lowest BCUT2D eigenvalue weighted by atomic mass is 9.78. The van der Waals surface area contributed by atoms with Crippen LogP contribution in [-0.4, -0.2) is 132 Å². The van der Waals surface area contributed by atoms with Crippen molar-refractivity contribution in [3.8, 4) is 0 Å². The Hall–Kier alpha value is -3.08. The maximum Gasteiger partial charge on any atom is 0.353 e. The molecule has 3 amide bonds. The van der Waals surface area contributed by atoms with Gasteiger partial charge < -0.3 is 36.2 Å². The molecule has 8 atom stereocenters. The van der Waals surface area contributed by atoms with E-state index in [-0.39, 0.29) is 59.3 Å². The highest BCUT2D eigenvalue weighted by molar-refractivity contribution is 8.03. The summed E-state index contributed by atoms with van der Waals surface area (Å²) in [4.78, 5) is 58.3. The molecule has 1 aromatic heterocycles. The van der Waals surface area contributed by atoms with Gasteiger partial charge >= 0.3 is 5.97 Å². The van der Waals surface area contributed by atoms with E-state index < -0.39 is 17.9 Å². The molecule has 1 aromatic rings. The minimum Gasteiger partial charge on any atom is -0.477 e. The number of amides is 3. The van der Waals surface area contributed by atoms with E-state index in [0.717, 1.165) is 39.0 Å². The molecule has 5 N–H and O–H groups in total. The van der Waals surface area contributed by atoms with Gasteiger partial charge in [-0.3, -0.25) is 14.4 Å². The molecule has 16 heteroatoms. The Labute approximate surface area is 253 Å². The minimum atomic E-state index is -1.14. The summed E-state index contributed by atoms with van der Waals surface area (Å²) in [6.07, 6.45) is 3.91. The topological polar surface area (TPSA) is 192 Å². The molecule has 6 rings (SSSR count). The van der Waals surface area contributed by atoms with Gasteiger partial charge in [-0.25, -0.2) is 9.48 Å². The molecule has 0 aliphatic carbocycles. The molecular weight excluding hydrogens is 576 g/mol. The van der Waals surface area contributed by atoms with Crippen LogP contribution >= 0.6 is 11.8 Å². The maximum atomic E-state index is 13.6. The minimum absolute atomic E-state index is 0.00576. The third-order valence-electron chi connectivity index (χ3n) is 9.75. The van der Waals surface area contributed by atoms with E-state index in [0.29, 0.717) is 30.3 Å². The zero-order valence-corrected chi connectivity index (χ0v) is 25.3. The van der Waals surface area contributed by atoms with Crippen LogP contribution in [0.2, 0.25) is 0 Å². The van der Waals surface area contributed by atoms with Crippen molar-refractivity contribution < 1.29 is 24.3 Å². The molecule has 0 aromatic carbocycles. The molecule has 4 fully saturated rings. The summed E-state index contributed by atoms with van der Waals surface area (Å²) in [5.74, 6) is -1.92. The van der Waals surface area contributed by atoms with Crippen molar-refractivity contribution in [3.05, 3.63) is 16.9 Å². The van der Waals surface area contributed by atoms with Gasteiger partial charge in [-0.05, 0) is 42.5 Å². The summed E-state index contributed by atoms with van der Waals surface area (Å²) in [7, 11) is 0. The number of nitrogens with one attached hydrogen (secondary N) is 2. The van der Waals surface area contributed by atoms with Gasteiger partial charge in [0.25, 0.3) is 0 Å². The molecule has 0 saturated carbocycles. The maximum absolute atomic E-state index is 13.6. The van der Waals surface area contributed by atoms with Crippen LogP contribution in [0.25, 0.3) is 0 Å². The lowest BCUT2D eigenvalue weighted by Gasteiger charge is -2.47. The Morgan fingerprint density at radius 1 is 1.28 bits per heavy atom. The van der Waals surface area contributed by atoms with Gasteiger partial charge in [0.1, 0.15) is 18.6 Å². The van der Waals surface area contributed by atoms with Crippen molar-refractivity contribution in [2.75, 3.05) is 39.3 Å². The highest BCUT2D eigenvalue weighted by atomic mass is 32.2. The van der Waals surface area contributed by atoms with Gasteiger partial charge in [0.15, 0.2) is 0 Å². The van der Waals surface area contributed by atoms with Crippen LogP contribution in [0.4, 0.5) is 0 Å². The Balaban J connectivity index is 1.07. The lowest BCUT2D eigenvalue weighted by Crippen LogP contribution is -2.66. The molecule has 43 heavy (non-hydrogen) atoms. The molecule has 4 saturated heterocycles. The van der Waals surface area contributed by atoms with Crippen LogP contribution in [0.5, 0.6) is 0 Å². The van der Waals surface area contributed by atoms with Crippen molar-refractivity contribution >= 4 is 35.5 Å². The summed E-state index contributed by atoms with van der Waals surface area (Å²) in [6.45, 7) is 8.48. The summed E-state index contributed by atoms with van der Waals surface area (Å²) in [6, 6.07) is -0.886. The number of likely N-dealkylation sites (tertiary alicyclic amines) is 2. The van der Waals surface area contributed by atoms with Crippen LogP contribution < -0.4 is 16.4 Å². The number of nitrogens with two attached hydrogens (primary N) is 1. The number of fused-ring (bicyclic) bond motifs is 2. The fraction of sp³-hybridized carbons (Fsp3) is 0.741. The Morgan fingerprint density at radius 2 is 2.09 bits per heavy atom. The molecule has 234 valence electrons. The van der Waals surface area contributed by atoms with Crippen LogP contribution in [0.3, 0.4) is 0 Å². The number of aliphatic carboxylic acids is 1. The van der Waals surface area contributed by atoms with E-state index in [1.54, 1.807) is 6.92 Å². The van der Waals surface area contributed by atoms with Crippen molar-refractivity contribution in [2.24, 2.45) is 23.5 Å². The molecule has 15 nitrogen and oxygen atoms in total. The number of hydrogen-bond donors (Lipinski definition) is 4. The molecule has 6 heterocycles. The molecule has 2 unspecified atom stereocenters. The molecule has 0 spiro atoms. The number of piperidine rings is 1. The van der Waals surface area contributed by atoms with Crippen molar-refractivity contribution in [3.63, 3.8) is 0 Å². The average Bonchev–Trinajstić information content (AvgIpc) is 3.76. The molecular formula is C27H40N10O5S. The first kappa shape index (κ1) is 30.0. The zero-order chi connectivity index (χ0) is 30.4. The molecule has 5 aliphatic rings. The fourth-order valence-electron chi connectivity index (χ4n) is 7.77. The Bertz CT molecular complexity index is 1290. The normalized spacial score (nSPS) is 32.9. The highest BCUT2D eigenvalue weighted by Crippen LogP contribution is 2.52. The largest absolute Gasteiger partial charge is 0.477 e. The molecule has 0 bridgehead atoms. The first-order valence-corrected chi connectivity index (χ1v) is 16.0. The lowest BCUT2D eigenvalue weighted by molar-refractivity contribution is -0.158. The number of carbonyl (C=O) groups is 4. The smallest absolute Gasteiger partial charge is 0.353 e. The van der Waals surface area contributed by atoms with Gasteiger partial charge in [-0.15, -0.1) is 16.9 Å². The van der Waals surface area contributed by atoms with Gasteiger partial charge in [-0.2, -0.15) is 0 Å². The fourth-order valence-corrected chi connectivity index (χ4v) is 9.24. The van der Waals surface area contributed by atoms with Gasteiger partial charge in [0.05, 0.1) is 18.0 Å². The van der Waals surface area contributed by atoms with Crippen LogP contribution in [0.1, 0.15) is 33.1 Å². The van der Waals surface area contributed by atoms with Gasteiger partial charge in [0, 0.05) is 67.4 Å². The second-order valence-electron chi connectivity index (χ2n) is 12.4. The third kappa shape index (κ3) is 5.53. The van der Waals surface area contributed by atoms with Gasteiger partial charge in [0.2, 0.25) is 17.7 Å². The van der Waals surface area contributed by atoms with Gasteiger partial charge in [-0.1, -0.05) is 6.92 Å². The average molecular weight is 617 g/mol.